The third-order valence-corrected chi connectivity index (χ3v) is 6.79. The first kappa shape index (κ1) is 15.9. The molecule has 1 N–H and O–H groups in total. The van der Waals surface area contributed by atoms with E-state index in [0.29, 0.717) is 17.4 Å². The lowest BCUT2D eigenvalue weighted by atomic mass is 10.0. The van der Waals surface area contributed by atoms with Gasteiger partial charge >= 0.3 is 0 Å². The van der Waals surface area contributed by atoms with Crippen LogP contribution in [-0.2, 0) is 16.6 Å². The van der Waals surface area contributed by atoms with Crippen LogP contribution in [0.25, 0.3) is 0 Å². The summed E-state index contributed by atoms with van der Waals surface area (Å²) in [7, 11) is -3.32. The summed E-state index contributed by atoms with van der Waals surface area (Å²) in [4.78, 5) is 1.54. The second-order valence-electron chi connectivity index (χ2n) is 5.60. The van der Waals surface area contributed by atoms with Crippen molar-refractivity contribution >= 4 is 21.4 Å². The van der Waals surface area contributed by atoms with Crippen molar-refractivity contribution in [1.82, 2.24) is 9.62 Å². The summed E-state index contributed by atoms with van der Waals surface area (Å²) in [6, 6.07) is 1.97. The van der Waals surface area contributed by atoms with Gasteiger partial charge in [-0.25, -0.2) is 8.42 Å². The van der Waals surface area contributed by atoms with E-state index in [2.05, 4.69) is 19.2 Å². The van der Waals surface area contributed by atoms with Crippen molar-refractivity contribution in [2.24, 2.45) is 5.92 Å². The number of thiophene rings is 1. The van der Waals surface area contributed by atoms with Gasteiger partial charge in [0.2, 0.25) is 10.0 Å². The average Bonchev–Trinajstić information content (AvgIpc) is 3.05. The minimum atomic E-state index is -3.32. The fourth-order valence-corrected chi connectivity index (χ4v) is 5.76. The van der Waals surface area contributed by atoms with Crippen molar-refractivity contribution in [3.63, 3.8) is 0 Å². The van der Waals surface area contributed by atoms with Gasteiger partial charge in [0.1, 0.15) is 0 Å². The maximum absolute atomic E-state index is 12.7. The molecule has 114 valence electrons. The predicted octanol–water partition coefficient (Wildman–Crippen LogP) is 2.67. The van der Waals surface area contributed by atoms with E-state index < -0.39 is 10.0 Å². The Morgan fingerprint density at radius 1 is 1.50 bits per heavy atom. The van der Waals surface area contributed by atoms with Crippen LogP contribution in [0.3, 0.4) is 0 Å². The molecule has 1 unspecified atom stereocenters. The number of rotatable bonds is 6. The van der Waals surface area contributed by atoms with Gasteiger partial charge in [0, 0.05) is 29.4 Å². The molecule has 1 aliphatic rings. The van der Waals surface area contributed by atoms with Crippen LogP contribution in [-0.4, -0.2) is 31.9 Å². The quantitative estimate of drug-likeness (QED) is 0.878. The standard InChI is InChI=1S/C14H24N2O2S2/c1-4-15-9-12-8-13(10-19-12)20(17,18)16-7-5-6-14(16)11(2)3/h8,10-11,14-15H,4-7,9H2,1-3H3. The minimum Gasteiger partial charge on any atom is -0.312 e. The maximum Gasteiger partial charge on any atom is 0.244 e. The molecular weight excluding hydrogens is 292 g/mol. The predicted molar refractivity (Wildman–Crippen MR) is 83.5 cm³/mol. The molecule has 4 nitrogen and oxygen atoms in total. The summed E-state index contributed by atoms with van der Waals surface area (Å²) < 4.78 is 27.2. The highest BCUT2D eigenvalue weighted by Gasteiger charge is 2.37. The lowest BCUT2D eigenvalue weighted by Gasteiger charge is -2.26. The third kappa shape index (κ3) is 3.24. The van der Waals surface area contributed by atoms with Crippen LogP contribution in [0.5, 0.6) is 0 Å². The van der Waals surface area contributed by atoms with Crippen LogP contribution in [0.4, 0.5) is 0 Å². The molecule has 0 bridgehead atoms. The summed E-state index contributed by atoms with van der Waals surface area (Å²) >= 11 is 1.52. The second kappa shape index (κ2) is 6.56. The lowest BCUT2D eigenvalue weighted by Crippen LogP contribution is -2.38. The highest BCUT2D eigenvalue weighted by atomic mass is 32.2. The highest BCUT2D eigenvalue weighted by molar-refractivity contribution is 7.89. The van der Waals surface area contributed by atoms with E-state index in [1.165, 1.54) is 11.3 Å². The highest BCUT2D eigenvalue weighted by Crippen LogP contribution is 2.31. The van der Waals surface area contributed by atoms with Crippen molar-refractivity contribution in [2.45, 2.75) is 51.1 Å². The monoisotopic (exact) mass is 316 g/mol. The largest absolute Gasteiger partial charge is 0.312 e. The molecule has 1 saturated heterocycles. The molecule has 0 spiro atoms. The van der Waals surface area contributed by atoms with E-state index in [0.717, 1.165) is 30.8 Å². The van der Waals surface area contributed by atoms with Gasteiger partial charge in [0.15, 0.2) is 0 Å². The summed E-state index contributed by atoms with van der Waals surface area (Å²) in [6.07, 6.45) is 1.95. The van der Waals surface area contributed by atoms with Crippen molar-refractivity contribution < 1.29 is 8.42 Å². The van der Waals surface area contributed by atoms with Crippen LogP contribution < -0.4 is 5.32 Å². The fourth-order valence-electron chi connectivity index (χ4n) is 2.70. The number of hydrogen-bond acceptors (Lipinski definition) is 4. The first-order valence-corrected chi connectivity index (χ1v) is 9.58. The Labute approximate surface area is 126 Å². The zero-order valence-corrected chi connectivity index (χ0v) is 14.1. The number of nitrogens with one attached hydrogen (secondary N) is 1. The Bertz CT molecular complexity index is 537. The minimum absolute atomic E-state index is 0.150. The zero-order chi connectivity index (χ0) is 14.8. The molecule has 1 atom stereocenters. The van der Waals surface area contributed by atoms with Gasteiger partial charge in [-0.15, -0.1) is 11.3 Å². The Morgan fingerprint density at radius 3 is 2.90 bits per heavy atom. The van der Waals surface area contributed by atoms with Gasteiger partial charge in [-0.05, 0) is 31.4 Å². The lowest BCUT2D eigenvalue weighted by molar-refractivity contribution is 0.316. The van der Waals surface area contributed by atoms with E-state index >= 15 is 0 Å². The molecule has 2 heterocycles. The topological polar surface area (TPSA) is 49.4 Å². The van der Waals surface area contributed by atoms with E-state index in [4.69, 9.17) is 0 Å². The molecular formula is C14H24N2O2S2. The maximum atomic E-state index is 12.7. The molecule has 20 heavy (non-hydrogen) atoms. The summed E-state index contributed by atoms with van der Waals surface area (Å²) in [5.74, 6) is 0.368. The molecule has 0 aliphatic carbocycles. The SMILES string of the molecule is CCNCc1cc(S(=O)(=O)N2CCCC2C(C)C)cs1. The Balaban J connectivity index is 2.19. The molecule has 0 saturated carbocycles. The summed E-state index contributed by atoms with van der Waals surface area (Å²) in [5.41, 5.74) is 0. The smallest absolute Gasteiger partial charge is 0.244 e. The Hall–Kier alpha value is -0.430. The van der Waals surface area contributed by atoms with E-state index in [9.17, 15) is 8.42 Å². The van der Waals surface area contributed by atoms with E-state index in [1.807, 2.05) is 13.0 Å². The van der Waals surface area contributed by atoms with Gasteiger partial charge < -0.3 is 5.32 Å². The third-order valence-electron chi connectivity index (χ3n) is 3.80. The van der Waals surface area contributed by atoms with Gasteiger partial charge in [0.05, 0.1) is 4.90 Å². The van der Waals surface area contributed by atoms with Gasteiger partial charge in [-0.2, -0.15) is 4.31 Å². The second-order valence-corrected chi connectivity index (χ2v) is 8.48. The number of nitrogens with zero attached hydrogens (tertiary/aromatic N) is 1. The first-order valence-electron chi connectivity index (χ1n) is 7.26. The average molecular weight is 316 g/mol. The van der Waals surface area contributed by atoms with Gasteiger partial charge in [-0.3, -0.25) is 0 Å². The summed E-state index contributed by atoms with van der Waals surface area (Å²) in [5, 5.41) is 5.00. The normalized spacial score (nSPS) is 20.9. The van der Waals surface area contributed by atoms with Crippen molar-refractivity contribution in [2.75, 3.05) is 13.1 Å². The van der Waals surface area contributed by atoms with E-state index in [-0.39, 0.29) is 6.04 Å². The van der Waals surface area contributed by atoms with Crippen LogP contribution in [0.15, 0.2) is 16.3 Å². The van der Waals surface area contributed by atoms with Crippen molar-refractivity contribution in [3.8, 4) is 0 Å². The molecule has 0 aromatic carbocycles. The van der Waals surface area contributed by atoms with Crippen LogP contribution in [0.1, 0.15) is 38.5 Å². The molecule has 1 aromatic rings. The molecule has 6 heteroatoms. The van der Waals surface area contributed by atoms with Crippen molar-refractivity contribution in [3.05, 3.63) is 16.3 Å². The Morgan fingerprint density at radius 2 is 2.25 bits per heavy atom. The Kier molecular flexibility index (Phi) is 5.23. The molecule has 0 amide bonds. The fraction of sp³-hybridized carbons (Fsp3) is 0.714. The number of hydrogen-bond donors (Lipinski definition) is 1. The molecule has 2 rings (SSSR count). The summed E-state index contributed by atoms with van der Waals surface area (Å²) in [6.45, 7) is 8.53. The van der Waals surface area contributed by atoms with Gasteiger partial charge in [0.25, 0.3) is 0 Å². The van der Waals surface area contributed by atoms with Crippen LogP contribution >= 0.6 is 11.3 Å². The number of sulfonamides is 1. The van der Waals surface area contributed by atoms with Crippen LogP contribution in [0.2, 0.25) is 0 Å². The zero-order valence-electron chi connectivity index (χ0n) is 12.4. The molecule has 1 aliphatic heterocycles. The van der Waals surface area contributed by atoms with E-state index in [1.54, 1.807) is 9.69 Å². The molecule has 1 aromatic heterocycles. The van der Waals surface area contributed by atoms with Gasteiger partial charge in [-0.1, -0.05) is 20.8 Å². The first-order chi connectivity index (χ1) is 9.46. The molecule has 0 radical (unpaired) electrons. The molecule has 1 fully saturated rings. The van der Waals surface area contributed by atoms with Crippen LogP contribution in [0, 0.1) is 5.92 Å². The van der Waals surface area contributed by atoms with Crippen molar-refractivity contribution in [1.29, 1.82) is 0 Å².